The zero-order valence-corrected chi connectivity index (χ0v) is 12.5. The largest absolute Gasteiger partial charge is 0.311 e. The van der Waals surface area contributed by atoms with Gasteiger partial charge in [0.25, 0.3) is 0 Å². The van der Waals surface area contributed by atoms with E-state index in [9.17, 15) is 0 Å². The lowest BCUT2D eigenvalue weighted by Crippen LogP contribution is -2.48. The highest BCUT2D eigenvalue weighted by Crippen LogP contribution is 2.60. The molecule has 4 nitrogen and oxygen atoms in total. The van der Waals surface area contributed by atoms with Gasteiger partial charge in [-0.1, -0.05) is 12.1 Å². The van der Waals surface area contributed by atoms with Gasteiger partial charge in [-0.25, -0.2) is 0 Å². The fourth-order valence-corrected chi connectivity index (χ4v) is 5.58. The second-order valence-electron chi connectivity index (χ2n) is 7.61. The molecule has 4 heteroatoms. The van der Waals surface area contributed by atoms with Gasteiger partial charge in [-0.05, 0) is 68.2 Å². The molecule has 110 valence electrons. The molecule has 0 radical (unpaired) electrons. The first kappa shape index (κ1) is 12.8. The van der Waals surface area contributed by atoms with Crippen LogP contribution in [0, 0.1) is 23.2 Å². The smallest absolute Gasteiger partial charge is 0.0964 e. The van der Waals surface area contributed by atoms with Crippen molar-refractivity contribution >= 4 is 0 Å². The van der Waals surface area contributed by atoms with Crippen LogP contribution >= 0.6 is 0 Å². The van der Waals surface area contributed by atoms with Crippen molar-refractivity contribution in [1.82, 2.24) is 20.3 Å². The summed E-state index contributed by atoms with van der Waals surface area (Å²) in [5, 5.41) is 12.0. The maximum absolute atomic E-state index is 4.37. The van der Waals surface area contributed by atoms with Gasteiger partial charge in [0.05, 0.1) is 5.69 Å². The Balaban J connectivity index is 1.47. The zero-order valence-electron chi connectivity index (χ0n) is 12.5. The van der Waals surface area contributed by atoms with Crippen LogP contribution in [-0.2, 0) is 13.1 Å². The van der Waals surface area contributed by atoms with E-state index in [2.05, 4.69) is 33.4 Å². The van der Waals surface area contributed by atoms with E-state index in [1.54, 1.807) is 0 Å². The van der Waals surface area contributed by atoms with Crippen LogP contribution in [0.5, 0.6) is 0 Å². The average molecular weight is 274 g/mol. The second-order valence-corrected chi connectivity index (χ2v) is 7.61. The van der Waals surface area contributed by atoms with Gasteiger partial charge in [-0.15, -0.1) is 5.10 Å². The van der Waals surface area contributed by atoms with Gasteiger partial charge in [0.1, 0.15) is 0 Å². The molecule has 0 aromatic carbocycles. The van der Waals surface area contributed by atoms with E-state index in [-0.39, 0.29) is 0 Å². The third-order valence-corrected chi connectivity index (χ3v) is 5.80. The minimum Gasteiger partial charge on any atom is -0.311 e. The van der Waals surface area contributed by atoms with E-state index < -0.39 is 0 Å². The molecule has 0 aliphatic heterocycles. The Bertz CT molecular complexity index is 443. The molecule has 0 unspecified atom stereocenters. The predicted octanol–water partition coefficient (Wildman–Crippen LogP) is 2.60. The number of nitrogens with zero attached hydrogens (tertiary/aromatic N) is 3. The summed E-state index contributed by atoms with van der Waals surface area (Å²) in [6, 6.07) is 0. The lowest BCUT2D eigenvalue weighted by atomic mass is 9.49. The molecular weight excluding hydrogens is 248 g/mol. The van der Waals surface area contributed by atoms with E-state index in [1.807, 2.05) is 0 Å². The predicted molar refractivity (Wildman–Crippen MR) is 78.0 cm³/mol. The van der Waals surface area contributed by atoms with Crippen molar-refractivity contribution < 1.29 is 0 Å². The number of aromatic nitrogens is 3. The van der Waals surface area contributed by atoms with Crippen molar-refractivity contribution in [2.24, 2.45) is 23.2 Å². The van der Waals surface area contributed by atoms with Gasteiger partial charge in [-0.2, -0.15) is 0 Å². The summed E-state index contributed by atoms with van der Waals surface area (Å²) in [5.74, 6) is 3.06. The fourth-order valence-electron chi connectivity index (χ4n) is 5.58. The molecule has 0 spiro atoms. The van der Waals surface area contributed by atoms with Gasteiger partial charge in [0.2, 0.25) is 0 Å². The van der Waals surface area contributed by atoms with Crippen molar-refractivity contribution in [2.45, 2.75) is 58.5 Å². The summed E-state index contributed by atoms with van der Waals surface area (Å²) in [6.07, 6.45) is 11.0. The van der Waals surface area contributed by atoms with Crippen LogP contribution in [0.3, 0.4) is 0 Å². The van der Waals surface area contributed by atoms with Gasteiger partial charge >= 0.3 is 0 Å². The van der Waals surface area contributed by atoms with Crippen LogP contribution < -0.4 is 5.32 Å². The van der Waals surface area contributed by atoms with Crippen molar-refractivity contribution in [1.29, 1.82) is 0 Å². The highest BCUT2D eigenvalue weighted by atomic mass is 15.4. The first-order valence-electron chi connectivity index (χ1n) is 8.34. The molecule has 4 bridgehead atoms. The first-order valence-corrected chi connectivity index (χ1v) is 8.34. The monoisotopic (exact) mass is 274 g/mol. The molecule has 1 heterocycles. The van der Waals surface area contributed by atoms with Crippen molar-refractivity contribution in [3.8, 4) is 0 Å². The molecule has 1 aromatic rings. The Hall–Kier alpha value is -0.900. The van der Waals surface area contributed by atoms with Crippen LogP contribution in [0.25, 0.3) is 0 Å². The molecule has 4 fully saturated rings. The van der Waals surface area contributed by atoms with Crippen LogP contribution in [0.15, 0.2) is 6.20 Å². The summed E-state index contributed by atoms with van der Waals surface area (Å²) in [5.41, 5.74) is 1.63. The maximum atomic E-state index is 4.37. The zero-order chi connectivity index (χ0) is 13.6. The quantitative estimate of drug-likeness (QED) is 0.897. The molecule has 0 amide bonds. The Morgan fingerprint density at radius 2 is 1.85 bits per heavy atom. The minimum atomic E-state index is 0.553. The number of rotatable bonds is 5. The average Bonchev–Trinajstić information content (AvgIpc) is 2.81. The summed E-state index contributed by atoms with van der Waals surface area (Å²) < 4.78 is 2.12. The molecular formula is C16H26N4. The Labute approximate surface area is 121 Å². The van der Waals surface area contributed by atoms with E-state index in [4.69, 9.17) is 0 Å². The molecule has 0 atom stereocenters. The molecule has 4 saturated carbocycles. The van der Waals surface area contributed by atoms with Crippen LogP contribution in [-0.4, -0.2) is 21.5 Å². The molecule has 4 aliphatic rings. The Morgan fingerprint density at radius 1 is 1.20 bits per heavy atom. The summed E-state index contributed by atoms with van der Waals surface area (Å²) in [6.45, 7) is 5.06. The third-order valence-electron chi connectivity index (χ3n) is 5.80. The van der Waals surface area contributed by atoms with Crippen LogP contribution in [0.2, 0.25) is 0 Å². The Kier molecular flexibility index (Phi) is 3.09. The summed E-state index contributed by atoms with van der Waals surface area (Å²) in [7, 11) is 0. The van der Waals surface area contributed by atoms with Gasteiger partial charge < -0.3 is 5.32 Å². The lowest BCUT2D eigenvalue weighted by Gasteiger charge is -2.56. The number of nitrogens with one attached hydrogen (secondary N) is 1. The third kappa shape index (κ3) is 2.28. The molecule has 4 aliphatic carbocycles. The SMILES string of the molecule is CCNCc1cn(CC23CC4CC(CC(C4)C2)C3)nn1. The van der Waals surface area contributed by atoms with E-state index in [1.165, 1.54) is 38.5 Å². The summed E-state index contributed by atoms with van der Waals surface area (Å²) >= 11 is 0. The molecule has 1 N–H and O–H groups in total. The molecule has 1 aromatic heterocycles. The second kappa shape index (κ2) is 4.83. The molecule has 20 heavy (non-hydrogen) atoms. The fraction of sp³-hybridized carbons (Fsp3) is 0.875. The molecule has 0 saturated heterocycles. The van der Waals surface area contributed by atoms with E-state index in [0.29, 0.717) is 5.41 Å². The summed E-state index contributed by atoms with van der Waals surface area (Å²) in [4.78, 5) is 0. The van der Waals surface area contributed by atoms with Gasteiger partial charge in [0.15, 0.2) is 0 Å². The van der Waals surface area contributed by atoms with Crippen molar-refractivity contribution in [2.75, 3.05) is 6.54 Å². The maximum Gasteiger partial charge on any atom is 0.0964 e. The lowest BCUT2D eigenvalue weighted by molar-refractivity contribution is -0.0637. The van der Waals surface area contributed by atoms with Gasteiger partial charge in [0, 0.05) is 19.3 Å². The van der Waals surface area contributed by atoms with Crippen LogP contribution in [0.4, 0.5) is 0 Å². The minimum absolute atomic E-state index is 0.553. The standard InChI is InChI=1S/C16H26N4/c1-2-17-9-15-10-20(19-18-15)11-16-6-12-3-13(7-16)5-14(4-12)8-16/h10,12-14,17H,2-9,11H2,1H3. The van der Waals surface area contributed by atoms with Crippen molar-refractivity contribution in [3.05, 3.63) is 11.9 Å². The number of hydrogen-bond donors (Lipinski definition) is 1. The number of hydrogen-bond acceptors (Lipinski definition) is 3. The first-order chi connectivity index (χ1) is 9.75. The van der Waals surface area contributed by atoms with Crippen LogP contribution in [0.1, 0.15) is 51.1 Å². The van der Waals surface area contributed by atoms with E-state index >= 15 is 0 Å². The highest BCUT2D eigenvalue weighted by molar-refractivity contribution is 5.02. The molecule has 5 rings (SSSR count). The van der Waals surface area contributed by atoms with E-state index in [0.717, 1.165) is 43.1 Å². The van der Waals surface area contributed by atoms with Gasteiger partial charge in [-0.3, -0.25) is 4.68 Å². The topological polar surface area (TPSA) is 42.7 Å². The van der Waals surface area contributed by atoms with Crippen molar-refractivity contribution in [3.63, 3.8) is 0 Å². The normalized spacial score (nSPS) is 38.5. The highest BCUT2D eigenvalue weighted by Gasteiger charge is 2.51. The Morgan fingerprint density at radius 3 is 2.45 bits per heavy atom.